The van der Waals surface area contributed by atoms with Crippen molar-refractivity contribution < 1.29 is 20.2 Å². The quantitative estimate of drug-likeness (QED) is 0.468. The van der Waals surface area contributed by atoms with E-state index >= 15 is 0 Å². The van der Waals surface area contributed by atoms with Crippen molar-refractivity contribution in [1.29, 1.82) is 0 Å². The van der Waals surface area contributed by atoms with E-state index in [-0.39, 0.29) is 0 Å². The minimum atomic E-state index is -0.396. The van der Waals surface area contributed by atoms with Crippen LogP contribution in [-0.4, -0.2) is 53.3 Å². The average Bonchev–Trinajstić information content (AvgIpc) is 2.03. The lowest BCUT2D eigenvalue weighted by molar-refractivity contribution is -0.908. The fourth-order valence-electron chi connectivity index (χ4n) is 1.50. The molecule has 0 aromatic carbocycles. The van der Waals surface area contributed by atoms with Crippen LogP contribution in [0.4, 0.5) is 0 Å². The molecule has 3 unspecified atom stereocenters. The van der Waals surface area contributed by atoms with Gasteiger partial charge in [-0.15, -0.1) is 0 Å². The van der Waals surface area contributed by atoms with E-state index in [1.165, 1.54) is 0 Å². The summed E-state index contributed by atoms with van der Waals surface area (Å²) in [6, 6.07) is 0. The van der Waals surface area contributed by atoms with Gasteiger partial charge in [-0.2, -0.15) is 0 Å². The Labute approximate surface area is 93.5 Å². The van der Waals surface area contributed by atoms with Crippen LogP contribution in [0, 0.1) is 0 Å². The van der Waals surface area contributed by atoms with Crippen LogP contribution in [0.2, 0.25) is 0 Å². The minimum Gasteiger partial charge on any atom is -0.388 e. The Bertz CT molecular complexity index is 103. The fraction of sp³-hybridized carbons (Fsp3) is 1.00. The zero-order valence-corrected chi connectivity index (χ0v) is 10.7. The maximum atomic E-state index is 9.16. The molecule has 0 radical (unpaired) electrons. The smallest absolute Gasteiger partial charge is 0.103 e. The van der Waals surface area contributed by atoms with Crippen molar-refractivity contribution in [3.8, 4) is 0 Å². The van der Waals surface area contributed by atoms with Crippen molar-refractivity contribution in [3.05, 3.63) is 0 Å². The highest BCUT2D eigenvalue weighted by Crippen LogP contribution is 1.77. The van der Waals surface area contributed by atoms with Crippen LogP contribution < -0.4 is 4.90 Å². The van der Waals surface area contributed by atoms with Gasteiger partial charge in [0.1, 0.15) is 37.9 Å². The summed E-state index contributed by atoms with van der Waals surface area (Å²) in [7, 11) is 0. The van der Waals surface area contributed by atoms with E-state index in [9.17, 15) is 0 Å². The van der Waals surface area contributed by atoms with Crippen molar-refractivity contribution >= 4 is 0 Å². The van der Waals surface area contributed by atoms with Crippen molar-refractivity contribution in [2.75, 3.05) is 19.6 Å². The van der Waals surface area contributed by atoms with Crippen LogP contribution in [0.1, 0.15) is 34.6 Å². The number of aliphatic hydroxyl groups excluding tert-OH is 3. The summed E-state index contributed by atoms with van der Waals surface area (Å²) in [5.41, 5.74) is 0. The normalized spacial score (nSPS) is 18.4. The molecule has 15 heavy (non-hydrogen) atoms. The molecular formula is C11H28NO3+. The number of hydrogen-bond acceptors (Lipinski definition) is 3. The van der Waals surface area contributed by atoms with Crippen LogP contribution in [0.15, 0.2) is 0 Å². The first-order chi connectivity index (χ1) is 6.91. The van der Waals surface area contributed by atoms with Gasteiger partial charge in [0.25, 0.3) is 0 Å². The summed E-state index contributed by atoms with van der Waals surface area (Å²) in [5, 5.41) is 27.5. The van der Waals surface area contributed by atoms with Gasteiger partial charge in [-0.05, 0) is 20.8 Å². The third-order valence-corrected chi connectivity index (χ3v) is 1.75. The third kappa shape index (κ3) is 13.8. The van der Waals surface area contributed by atoms with E-state index in [4.69, 9.17) is 15.3 Å². The average molecular weight is 222 g/mol. The molecular weight excluding hydrogens is 194 g/mol. The molecule has 4 N–H and O–H groups in total. The Kier molecular flexibility index (Phi) is 11.9. The number of nitrogens with one attached hydrogen (secondary N) is 1. The Balaban J connectivity index is 0. The summed E-state index contributed by atoms with van der Waals surface area (Å²) in [4.78, 5) is 1.03. The zero-order valence-electron chi connectivity index (χ0n) is 10.7. The van der Waals surface area contributed by atoms with Gasteiger partial charge < -0.3 is 20.2 Å². The van der Waals surface area contributed by atoms with E-state index in [1.807, 2.05) is 13.8 Å². The van der Waals surface area contributed by atoms with E-state index in [0.29, 0.717) is 19.6 Å². The molecule has 0 aliphatic rings. The molecule has 0 bridgehead atoms. The molecule has 4 nitrogen and oxygen atoms in total. The molecule has 0 amide bonds. The Morgan fingerprint density at radius 1 is 0.733 bits per heavy atom. The highest BCUT2D eigenvalue weighted by molar-refractivity contribution is 4.48. The lowest BCUT2D eigenvalue weighted by atomic mass is 10.2. The van der Waals surface area contributed by atoms with E-state index in [1.54, 1.807) is 20.8 Å². The molecule has 0 spiro atoms. The minimum absolute atomic E-state index is 0.396. The molecule has 3 atom stereocenters. The first kappa shape index (κ1) is 17.2. The summed E-state index contributed by atoms with van der Waals surface area (Å²) >= 11 is 0. The second kappa shape index (κ2) is 10.4. The van der Waals surface area contributed by atoms with Crippen LogP contribution in [0.3, 0.4) is 0 Å². The number of hydrogen-bond donors (Lipinski definition) is 4. The van der Waals surface area contributed by atoms with Gasteiger partial charge in [-0.25, -0.2) is 0 Å². The predicted octanol–water partition coefficient (Wildman–Crippen LogP) is -0.960. The topological polar surface area (TPSA) is 65.1 Å². The predicted molar refractivity (Wildman–Crippen MR) is 62.0 cm³/mol. The second-order valence-electron chi connectivity index (χ2n) is 3.91. The summed E-state index contributed by atoms with van der Waals surface area (Å²) in [6.45, 7) is 10.8. The van der Waals surface area contributed by atoms with Gasteiger partial charge in [0.05, 0.1) is 0 Å². The van der Waals surface area contributed by atoms with Crippen LogP contribution in [0.25, 0.3) is 0 Å². The fourth-order valence-corrected chi connectivity index (χ4v) is 1.50. The van der Waals surface area contributed by atoms with Gasteiger partial charge in [0.2, 0.25) is 0 Å². The van der Waals surface area contributed by atoms with Gasteiger partial charge in [0.15, 0.2) is 0 Å². The first-order valence-corrected chi connectivity index (χ1v) is 5.79. The van der Waals surface area contributed by atoms with Gasteiger partial charge >= 0.3 is 0 Å². The van der Waals surface area contributed by atoms with Gasteiger partial charge in [-0.1, -0.05) is 13.8 Å². The largest absolute Gasteiger partial charge is 0.388 e. The Morgan fingerprint density at radius 3 is 1.07 bits per heavy atom. The van der Waals surface area contributed by atoms with Crippen LogP contribution >= 0.6 is 0 Å². The number of rotatable bonds is 6. The molecule has 0 aromatic rings. The summed E-state index contributed by atoms with van der Waals surface area (Å²) < 4.78 is 0. The molecule has 0 heterocycles. The van der Waals surface area contributed by atoms with Gasteiger partial charge in [-0.3, -0.25) is 0 Å². The van der Waals surface area contributed by atoms with Gasteiger partial charge in [0, 0.05) is 0 Å². The molecule has 0 saturated carbocycles. The monoisotopic (exact) mass is 222 g/mol. The third-order valence-electron chi connectivity index (χ3n) is 1.75. The lowest BCUT2D eigenvalue weighted by Gasteiger charge is -2.23. The Hall–Kier alpha value is -0.160. The Morgan fingerprint density at radius 2 is 0.933 bits per heavy atom. The maximum absolute atomic E-state index is 9.16. The molecule has 0 aromatic heterocycles. The van der Waals surface area contributed by atoms with Crippen molar-refractivity contribution in [2.24, 2.45) is 0 Å². The zero-order chi connectivity index (χ0) is 12.4. The lowest BCUT2D eigenvalue weighted by Crippen LogP contribution is -3.15. The molecule has 0 rings (SSSR count). The summed E-state index contributed by atoms with van der Waals surface area (Å²) in [6.07, 6.45) is -1.19. The first-order valence-electron chi connectivity index (χ1n) is 5.79. The SMILES string of the molecule is CC.CC(O)C[NH+](CC(C)O)CC(C)O. The number of quaternary nitrogens is 1. The molecule has 0 aliphatic carbocycles. The molecule has 0 aliphatic heterocycles. The number of aliphatic hydroxyl groups is 3. The van der Waals surface area contributed by atoms with Crippen LogP contribution in [-0.2, 0) is 0 Å². The molecule has 4 heteroatoms. The van der Waals surface area contributed by atoms with Crippen molar-refractivity contribution in [3.63, 3.8) is 0 Å². The van der Waals surface area contributed by atoms with E-state index in [0.717, 1.165) is 4.90 Å². The highest BCUT2D eigenvalue weighted by Gasteiger charge is 2.16. The van der Waals surface area contributed by atoms with E-state index in [2.05, 4.69) is 0 Å². The maximum Gasteiger partial charge on any atom is 0.103 e. The van der Waals surface area contributed by atoms with Crippen molar-refractivity contribution in [2.45, 2.75) is 52.9 Å². The second-order valence-corrected chi connectivity index (χ2v) is 3.91. The van der Waals surface area contributed by atoms with Crippen molar-refractivity contribution in [1.82, 2.24) is 0 Å². The molecule has 0 fully saturated rings. The van der Waals surface area contributed by atoms with E-state index < -0.39 is 18.3 Å². The standard InChI is InChI=1S/C9H21NO3.C2H6/c1-7(11)4-10(5-8(2)12)6-9(3)13;1-2/h7-9,11-13H,4-6H2,1-3H3;1-2H3/p+1. The highest BCUT2D eigenvalue weighted by atomic mass is 16.3. The van der Waals surface area contributed by atoms with Crippen LogP contribution in [0.5, 0.6) is 0 Å². The molecule has 94 valence electrons. The summed E-state index contributed by atoms with van der Waals surface area (Å²) in [5.74, 6) is 0. The molecule has 0 saturated heterocycles.